The van der Waals surface area contributed by atoms with Crippen LogP contribution in [0.5, 0.6) is 0 Å². The van der Waals surface area contributed by atoms with Crippen LogP contribution < -0.4 is 10.4 Å². The van der Waals surface area contributed by atoms with Crippen LogP contribution in [-0.2, 0) is 0 Å². The third-order valence-corrected chi connectivity index (χ3v) is 18.0. The van der Waals surface area contributed by atoms with E-state index in [4.69, 9.17) is 12.2 Å². The summed E-state index contributed by atoms with van der Waals surface area (Å²) in [4.78, 5) is 0. The van der Waals surface area contributed by atoms with Crippen molar-refractivity contribution in [3.8, 4) is 0 Å². The van der Waals surface area contributed by atoms with Gasteiger partial charge in [0.2, 0.25) is 0 Å². The first-order chi connectivity index (χ1) is 10.5. The van der Waals surface area contributed by atoms with E-state index in [0.717, 1.165) is 6.42 Å². The zero-order valence-corrected chi connectivity index (χ0v) is 16.7. The minimum atomic E-state index is -1.77. The summed E-state index contributed by atoms with van der Waals surface area (Å²) in [6.07, 6.45) is 1.06. The quantitative estimate of drug-likeness (QED) is 0.438. The summed E-state index contributed by atoms with van der Waals surface area (Å²) in [6, 6.07) is 23.7. The van der Waals surface area contributed by atoms with E-state index in [-0.39, 0.29) is 0 Å². The summed E-state index contributed by atoms with van der Waals surface area (Å²) in [5, 5.41) is 5.36. The van der Waals surface area contributed by atoms with Crippen molar-refractivity contribution in [1.82, 2.24) is 0 Å². The molecule has 0 N–H and O–H groups in total. The van der Waals surface area contributed by atoms with Crippen LogP contribution in [0.15, 0.2) is 60.7 Å². The molecule has 0 spiro atoms. The van der Waals surface area contributed by atoms with Crippen LogP contribution in [-0.4, -0.2) is 22.0 Å². The minimum Gasteiger partial charge on any atom is -0.0935 e. The molecule has 0 heterocycles. The summed E-state index contributed by atoms with van der Waals surface area (Å²) >= 11 is 5.07. The van der Waals surface area contributed by atoms with Gasteiger partial charge in [0.25, 0.3) is 0 Å². The van der Waals surface area contributed by atoms with Crippen molar-refractivity contribution in [2.45, 2.75) is 38.3 Å². The molecule has 0 bridgehead atoms. The van der Waals surface area contributed by atoms with E-state index in [1.54, 1.807) is 10.4 Å². The average Bonchev–Trinajstić information content (AvgIpc) is 2.52. The highest BCUT2D eigenvalue weighted by molar-refractivity contribution is 7.79. The van der Waals surface area contributed by atoms with Crippen LogP contribution in [0.25, 0.3) is 0 Å². The van der Waals surface area contributed by atoms with E-state index in [1.165, 1.54) is 6.04 Å². The van der Waals surface area contributed by atoms with E-state index in [1.807, 2.05) is 5.37 Å². The molecular formula is C19H25SSi2. The lowest BCUT2D eigenvalue weighted by Gasteiger charge is -2.44. The van der Waals surface area contributed by atoms with Gasteiger partial charge in [-0.3, -0.25) is 0 Å². The first kappa shape index (κ1) is 17.3. The Morgan fingerprint density at radius 2 is 1.36 bits per heavy atom. The van der Waals surface area contributed by atoms with E-state index in [0.29, 0.717) is 14.1 Å². The van der Waals surface area contributed by atoms with Crippen molar-refractivity contribution in [3.63, 3.8) is 0 Å². The van der Waals surface area contributed by atoms with E-state index in [9.17, 15) is 0 Å². The Kier molecular flexibility index (Phi) is 5.90. The van der Waals surface area contributed by atoms with Crippen LogP contribution >= 0.6 is 12.2 Å². The van der Waals surface area contributed by atoms with Crippen molar-refractivity contribution >= 4 is 44.6 Å². The molecule has 115 valence electrons. The van der Waals surface area contributed by atoms with Gasteiger partial charge in [-0.15, -0.1) is 0 Å². The predicted octanol–water partition coefficient (Wildman–Crippen LogP) is 3.79. The lowest BCUT2D eigenvalue weighted by Crippen LogP contribution is -2.68. The molecule has 0 aromatic heterocycles. The maximum absolute atomic E-state index is 5.07. The molecule has 0 aliphatic carbocycles. The monoisotopic (exact) mass is 341 g/mol. The highest BCUT2D eigenvalue weighted by Crippen LogP contribution is 2.35. The third-order valence-electron chi connectivity index (χ3n) is 4.38. The van der Waals surface area contributed by atoms with Crippen LogP contribution in [0.1, 0.15) is 27.2 Å². The van der Waals surface area contributed by atoms with Gasteiger partial charge in [-0.2, -0.15) is 0 Å². The molecule has 0 atom stereocenters. The van der Waals surface area contributed by atoms with Gasteiger partial charge in [0.15, 0.2) is 0 Å². The van der Waals surface area contributed by atoms with Gasteiger partial charge in [0.1, 0.15) is 7.59 Å². The zero-order chi connectivity index (χ0) is 16.1. The maximum Gasteiger partial charge on any atom is 0.109 e. The Bertz CT molecular complexity index is 548. The Labute approximate surface area is 143 Å². The van der Waals surface area contributed by atoms with Crippen molar-refractivity contribution in [1.29, 1.82) is 0 Å². The molecule has 2 aromatic carbocycles. The zero-order valence-electron chi connectivity index (χ0n) is 13.8. The highest BCUT2D eigenvalue weighted by Gasteiger charge is 2.46. The minimum absolute atomic E-state index is 0.298. The smallest absolute Gasteiger partial charge is 0.0935 e. The summed E-state index contributed by atoms with van der Waals surface area (Å²) in [6.45, 7) is 7.30. The Morgan fingerprint density at radius 3 is 1.73 bits per heavy atom. The molecule has 22 heavy (non-hydrogen) atoms. The van der Waals surface area contributed by atoms with E-state index in [2.05, 4.69) is 81.4 Å². The second-order valence-corrected chi connectivity index (χ2v) is 16.2. The Balaban J connectivity index is 2.61. The third kappa shape index (κ3) is 3.48. The molecule has 0 amide bonds. The highest BCUT2D eigenvalue weighted by atomic mass is 32.1. The van der Waals surface area contributed by atoms with Gasteiger partial charge in [-0.25, -0.2) is 0 Å². The Hall–Kier alpha value is -1.04. The Morgan fingerprint density at radius 1 is 0.909 bits per heavy atom. The van der Waals surface area contributed by atoms with Crippen LogP contribution in [0.2, 0.25) is 11.1 Å². The van der Waals surface area contributed by atoms with Crippen molar-refractivity contribution in [2.75, 3.05) is 0 Å². The van der Waals surface area contributed by atoms with Gasteiger partial charge in [-0.1, -0.05) is 110 Å². The lowest BCUT2D eigenvalue weighted by atomic mass is 10.2. The van der Waals surface area contributed by atoms with Gasteiger partial charge in [-0.05, 0) is 16.8 Å². The summed E-state index contributed by atoms with van der Waals surface area (Å²) in [7, 11) is -1.42. The fraction of sp³-hybridized carbons (Fsp3) is 0.316. The second-order valence-electron chi connectivity index (χ2n) is 6.74. The molecule has 0 fully saturated rings. The fourth-order valence-electron chi connectivity index (χ4n) is 3.34. The second kappa shape index (κ2) is 7.49. The number of hydrogen-bond donors (Lipinski definition) is 0. The molecule has 3 heteroatoms. The van der Waals surface area contributed by atoms with Gasteiger partial charge in [0, 0.05) is 9.04 Å². The van der Waals surface area contributed by atoms with Gasteiger partial charge >= 0.3 is 0 Å². The molecule has 0 aliphatic heterocycles. The molecule has 2 rings (SSSR count). The fourth-order valence-corrected chi connectivity index (χ4v) is 15.3. The van der Waals surface area contributed by atoms with Gasteiger partial charge in [0.05, 0.1) is 0 Å². The maximum atomic E-state index is 5.07. The van der Waals surface area contributed by atoms with Crippen LogP contribution in [0.4, 0.5) is 0 Å². The van der Waals surface area contributed by atoms with Crippen molar-refractivity contribution < 1.29 is 0 Å². The van der Waals surface area contributed by atoms with Crippen LogP contribution in [0.3, 0.4) is 0 Å². The largest absolute Gasteiger partial charge is 0.109 e. The molecule has 0 aliphatic rings. The molecule has 0 saturated heterocycles. The SMILES string of the molecule is CC(C)(C)[Si]([SiH]CCC=S)(c1ccccc1)c1ccccc1. The predicted molar refractivity (Wildman–Crippen MR) is 108 cm³/mol. The summed E-state index contributed by atoms with van der Waals surface area (Å²) in [5.41, 5.74) is 0. The standard InChI is InChI=1S/C19H25SSi2/c1-19(2,3)22(21-16-10-15-20,17-11-6-4-7-12-17)18-13-8-5-9-14-18/h4-9,11-15,21H,10,16H2,1-3H3. The molecule has 1 radical (unpaired) electrons. The number of hydrogen-bond acceptors (Lipinski definition) is 1. The normalized spacial score (nSPS) is 12.1. The molecule has 0 unspecified atom stereocenters. The first-order valence-corrected chi connectivity index (χ1v) is 13.0. The average molecular weight is 342 g/mol. The van der Waals surface area contributed by atoms with Gasteiger partial charge < -0.3 is 0 Å². The summed E-state index contributed by atoms with van der Waals surface area (Å²) in [5.74, 6) is 0. The van der Waals surface area contributed by atoms with Crippen LogP contribution in [0, 0.1) is 0 Å². The topological polar surface area (TPSA) is 0 Å². The van der Waals surface area contributed by atoms with Crippen molar-refractivity contribution in [2.24, 2.45) is 0 Å². The van der Waals surface area contributed by atoms with E-state index < -0.39 is 7.59 Å². The molecular weight excluding hydrogens is 316 g/mol. The molecule has 2 aromatic rings. The number of benzene rings is 2. The van der Waals surface area contributed by atoms with E-state index >= 15 is 0 Å². The molecule has 0 saturated carbocycles. The number of rotatable bonds is 6. The summed E-state index contributed by atoms with van der Waals surface area (Å²) < 4.78 is 0. The molecule has 0 nitrogen and oxygen atoms in total. The first-order valence-electron chi connectivity index (χ1n) is 7.91. The lowest BCUT2D eigenvalue weighted by molar-refractivity contribution is 0.743. The number of thiocarbonyl (C=S) groups is 1. The van der Waals surface area contributed by atoms with Crippen molar-refractivity contribution in [3.05, 3.63) is 60.7 Å².